The van der Waals surface area contributed by atoms with E-state index in [0.29, 0.717) is 17.9 Å². The first-order valence-electron chi connectivity index (χ1n) is 11.9. The number of hydrogen-bond acceptors (Lipinski definition) is 5. The van der Waals surface area contributed by atoms with Crippen LogP contribution in [0.4, 0.5) is 0 Å². The van der Waals surface area contributed by atoms with E-state index < -0.39 is 5.91 Å². The SMILES string of the molecule is Cc1cc(COc2ccc(C(=O)N[C@H]3CCCCC[C@H]3CC(=O)NO)cc2)c2ccccc2n1. The van der Waals surface area contributed by atoms with E-state index in [9.17, 15) is 9.59 Å². The van der Waals surface area contributed by atoms with Crippen LogP contribution in [0.3, 0.4) is 0 Å². The Morgan fingerprint density at radius 2 is 1.82 bits per heavy atom. The zero-order valence-electron chi connectivity index (χ0n) is 19.4. The van der Waals surface area contributed by atoms with Gasteiger partial charge in [-0.05, 0) is 62.1 Å². The van der Waals surface area contributed by atoms with Crippen molar-refractivity contribution in [1.29, 1.82) is 0 Å². The molecule has 0 saturated heterocycles. The van der Waals surface area contributed by atoms with E-state index in [1.807, 2.05) is 37.3 Å². The summed E-state index contributed by atoms with van der Waals surface area (Å²) in [5, 5.41) is 13.1. The molecule has 1 saturated carbocycles. The van der Waals surface area contributed by atoms with E-state index in [4.69, 9.17) is 9.94 Å². The molecule has 0 spiro atoms. The molecule has 0 bridgehead atoms. The Bertz CT molecular complexity index is 1150. The number of hydrogen-bond donors (Lipinski definition) is 3. The van der Waals surface area contributed by atoms with Crippen molar-refractivity contribution >= 4 is 22.7 Å². The molecular formula is C27H31N3O4. The molecule has 7 nitrogen and oxygen atoms in total. The Kier molecular flexibility index (Phi) is 7.75. The van der Waals surface area contributed by atoms with Crippen molar-refractivity contribution in [2.75, 3.05) is 0 Å². The average Bonchev–Trinajstić information content (AvgIpc) is 3.07. The number of pyridine rings is 1. The zero-order chi connectivity index (χ0) is 23.9. The summed E-state index contributed by atoms with van der Waals surface area (Å²) < 4.78 is 6.00. The fraction of sp³-hybridized carbons (Fsp3) is 0.370. The number of aryl methyl sites for hydroxylation is 1. The summed E-state index contributed by atoms with van der Waals surface area (Å²) in [6.45, 7) is 2.38. The van der Waals surface area contributed by atoms with Crippen molar-refractivity contribution in [3.05, 3.63) is 71.4 Å². The third-order valence-electron chi connectivity index (χ3n) is 6.49. The molecule has 0 aliphatic heterocycles. The van der Waals surface area contributed by atoms with E-state index in [-0.39, 0.29) is 24.3 Å². The minimum atomic E-state index is -0.412. The second-order valence-corrected chi connectivity index (χ2v) is 8.97. The second-order valence-electron chi connectivity index (χ2n) is 8.97. The van der Waals surface area contributed by atoms with Crippen molar-refractivity contribution < 1.29 is 19.5 Å². The number of carbonyl (C=O) groups excluding carboxylic acids is 2. The van der Waals surface area contributed by atoms with Crippen molar-refractivity contribution in [3.63, 3.8) is 0 Å². The molecule has 2 aromatic carbocycles. The number of benzene rings is 2. The highest BCUT2D eigenvalue weighted by molar-refractivity contribution is 5.94. The number of carbonyl (C=O) groups is 2. The van der Waals surface area contributed by atoms with Gasteiger partial charge in [0.05, 0.1) is 5.52 Å². The van der Waals surface area contributed by atoms with Gasteiger partial charge in [0.1, 0.15) is 12.4 Å². The maximum atomic E-state index is 12.9. The molecule has 2 amide bonds. The van der Waals surface area contributed by atoms with Crippen LogP contribution in [0.15, 0.2) is 54.6 Å². The highest BCUT2D eigenvalue weighted by Crippen LogP contribution is 2.27. The number of nitrogens with one attached hydrogen (secondary N) is 2. The van der Waals surface area contributed by atoms with Crippen LogP contribution < -0.4 is 15.5 Å². The van der Waals surface area contributed by atoms with Crippen LogP contribution in [0.25, 0.3) is 10.9 Å². The third kappa shape index (κ3) is 5.91. The summed E-state index contributed by atoms with van der Waals surface area (Å²) >= 11 is 0. The minimum absolute atomic E-state index is 0.0137. The quantitative estimate of drug-likeness (QED) is 0.269. The summed E-state index contributed by atoms with van der Waals surface area (Å²) in [5.41, 5.74) is 5.21. The van der Waals surface area contributed by atoms with Crippen LogP contribution in [0, 0.1) is 12.8 Å². The van der Waals surface area contributed by atoms with Crippen LogP contribution in [0.2, 0.25) is 0 Å². The Balaban J connectivity index is 1.39. The van der Waals surface area contributed by atoms with Crippen molar-refractivity contribution in [3.8, 4) is 5.75 Å². The number of para-hydroxylation sites is 1. The van der Waals surface area contributed by atoms with Crippen LogP contribution in [0.5, 0.6) is 5.75 Å². The van der Waals surface area contributed by atoms with Gasteiger partial charge in [-0.2, -0.15) is 0 Å². The molecule has 1 aromatic heterocycles. The molecule has 0 unspecified atom stereocenters. The van der Waals surface area contributed by atoms with E-state index >= 15 is 0 Å². The predicted octanol–water partition coefficient (Wildman–Crippen LogP) is 4.70. The number of amides is 2. The van der Waals surface area contributed by atoms with Gasteiger partial charge in [-0.1, -0.05) is 37.5 Å². The van der Waals surface area contributed by atoms with Gasteiger partial charge in [-0.15, -0.1) is 0 Å². The van der Waals surface area contributed by atoms with E-state index in [1.165, 1.54) is 0 Å². The fourth-order valence-electron chi connectivity index (χ4n) is 4.73. The number of ether oxygens (including phenoxy) is 1. The summed E-state index contributed by atoms with van der Waals surface area (Å²) in [7, 11) is 0. The average molecular weight is 462 g/mol. The lowest BCUT2D eigenvalue weighted by Crippen LogP contribution is -2.41. The first kappa shape index (κ1) is 23.7. The molecule has 7 heteroatoms. The molecule has 1 aliphatic carbocycles. The summed E-state index contributed by atoms with van der Waals surface area (Å²) in [6, 6.07) is 17.1. The molecule has 178 valence electrons. The smallest absolute Gasteiger partial charge is 0.251 e. The van der Waals surface area contributed by atoms with Crippen LogP contribution in [0.1, 0.15) is 60.1 Å². The third-order valence-corrected chi connectivity index (χ3v) is 6.49. The lowest BCUT2D eigenvalue weighted by molar-refractivity contribution is -0.130. The number of aromatic nitrogens is 1. The lowest BCUT2D eigenvalue weighted by Gasteiger charge is -2.25. The maximum absolute atomic E-state index is 12.9. The minimum Gasteiger partial charge on any atom is -0.489 e. The molecule has 3 N–H and O–H groups in total. The molecular weight excluding hydrogens is 430 g/mol. The Labute approximate surface area is 199 Å². The van der Waals surface area contributed by atoms with Gasteiger partial charge in [-0.3, -0.25) is 19.8 Å². The molecule has 3 aromatic rings. The van der Waals surface area contributed by atoms with Crippen LogP contribution in [-0.4, -0.2) is 28.0 Å². The monoisotopic (exact) mass is 461 g/mol. The maximum Gasteiger partial charge on any atom is 0.251 e. The predicted molar refractivity (Wildman–Crippen MR) is 130 cm³/mol. The van der Waals surface area contributed by atoms with Gasteiger partial charge in [0, 0.05) is 34.7 Å². The second kappa shape index (κ2) is 11.1. The van der Waals surface area contributed by atoms with Gasteiger partial charge >= 0.3 is 0 Å². The van der Waals surface area contributed by atoms with Gasteiger partial charge in [-0.25, -0.2) is 5.48 Å². The van der Waals surface area contributed by atoms with Crippen LogP contribution >= 0.6 is 0 Å². The summed E-state index contributed by atoms with van der Waals surface area (Å²) in [5.74, 6) is 0.121. The van der Waals surface area contributed by atoms with Gasteiger partial charge in [0.25, 0.3) is 5.91 Å². The van der Waals surface area contributed by atoms with E-state index in [0.717, 1.165) is 54.3 Å². The highest BCUT2D eigenvalue weighted by Gasteiger charge is 2.27. The first-order chi connectivity index (χ1) is 16.5. The van der Waals surface area contributed by atoms with Gasteiger partial charge < -0.3 is 10.1 Å². The first-order valence-corrected chi connectivity index (χ1v) is 11.9. The number of hydroxylamine groups is 1. The standard InChI is InChI=1S/C27H31N3O4/c1-18-15-21(23-8-5-6-10-25(23)28-18)17-34-22-13-11-19(12-14-22)27(32)29-24-9-4-2-3-7-20(24)16-26(31)30-33/h5-6,8,10-15,20,24,33H,2-4,7,9,16-17H2,1H3,(H,29,32)(H,30,31)/t20-,24-/m0/s1. The van der Waals surface area contributed by atoms with Gasteiger partial charge in [0.15, 0.2) is 0 Å². The molecule has 1 fully saturated rings. The Morgan fingerprint density at radius 3 is 2.62 bits per heavy atom. The molecule has 1 heterocycles. The largest absolute Gasteiger partial charge is 0.489 e. The zero-order valence-corrected chi connectivity index (χ0v) is 19.4. The van der Waals surface area contributed by atoms with Crippen molar-refractivity contribution in [2.45, 2.75) is 58.1 Å². The van der Waals surface area contributed by atoms with Crippen molar-refractivity contribution in [1.82, 2.24) is 15.8 Å². The summed E-state index contributed by atoms with van der Waals surface area (Å²) in [6.07, 6.45) is 5.01. The topological polar surface area (TPSA) is 101 Å². The fourth-order valence-corrected chi connectivity index (χ4v) is 4.73. The number of fused-ring (bicyclic) bond motifs is 1. The number of rotatable bonds is 7. The molecule has 0 radical (unpaired) electrons. The molecule has 4 rings (SSSR count). The molecule has 2 atom stereocenters. The van der Waals surface area contributed by atoms with E-state index in [2.05, 4.69) is 10.3 Å². The van der Waals surface area contributed by atoms with Crippen molar-refractivity contribution in [2.24, 2.45) is 5.92 Å². The normalized spacial score (nSPS) is 18.2. The molecule has 1 aliphatic rings. The Morgan fingerprint density at radius 1 is 1.06 bits per heavy atom. The summed E-state index contributed by atoms with van der Waals surface area (Å²) in [4.78, 5) is 29.2. The van der Waals surface area contributed by atoms with Gasteiger partial charge in [0.2, 0.25) is 5.91 Å². The molecule has 34 heavy (non-hydrogen) atoms. The lowest BCUT2D eigenvalue weighted by atomic mass is 9.91. The van der Waals surface area contributed by atoms with E-state index in [1.54, 1.807) is 29.7 Å². The van der Waals surface area contributed by atoms with Crippen LogP contribution in [-0.2, 0) is 11.4 Å². The number of nitrogens with zero attached hydrogens (tertiary/aromatic N) is 1. The highest BCUT2D eigenvalue weighted by atomic mass is 16.5. The Hall–Kier alpha value is -3.45.